The van der Waals surface area contributed by atoms with E-state index in [9.17, 15) is 14.4 Å². The van der Waals surface area contributed by atoms with Gasteiger partial charge < -0.3 is 20.1 Å². The number of nitrogens with zero attached hydrogens (tertiary/aromatic N) is 1. The van der Waals surface area contributed by atoms with Gasteiger partial charge in [-0.3, -0.25) is 14.5 Å². The van der Waals surface area contributed by atoms with Crippen LogP contribution in [0.4, 0.5) is 21.9 Å². The summed E-state index contributed by atoms with van der Waals surface area (Å²) < 4.78 is 9.36. The molecule has 3 aromatic rings. The Hall–Kier alpha value is -2.72. The van der Waals surface area contributed by atoms with Gasteiger partial charge in [-0.2, -0.15) is 0 Å². The third-order valence-electron chi connectivity index (χ3n) is 6.96. The number of nitrogens with one attached hydrogen (secondary N) is 2. The molecule has 1 aliphatic carbocycles. The number of hydrogen-bond acceptors (Lipinski definition) is 5. The standard InChI is InChI=1S/C32H32Cl5N3O5/c1-17-12-22(40(10-11-44-5)30(43)45-31(2,3)4)7-9-25(17)39-28(41)23-16-21(6-8-24(23)35)38-29(42)27-26(32(27,36)37)18-13-19(33)15-20(34)14-18/h6-9,12-16,26-27H,10-11H2,1-5H3,(H,38,42)(H,39,41)/t26-,27+/m0/s1. The summed E-state index contributed by atoms with van der Waals surface area (Å²) in [7, 11) is 1.55. The van der Waals surface area contributed by atoms with Gasteiger partial charge in [0.05, 0.1) is 29.7 Å². The molecular weight excluding hydrogens is 684 g/mol. The lowest BCUT2D eigenvalue weighted by molar-refractivity contribution is -0.117. The molecular formula is C32H32Cl5N3O5. The molecule has 1 saturated carbocycles. The van der Waals surface area contributed by atoms with Gasteiger partial charge >= 0.3 is 6.09 Å². The Morgan fingerprint density at radius 1 is 0.933 bits per heavy atom. The molecule has 4 rings (SSSR count). The molecule has 2 atom stereocenters. The van der Waals surface area contributed by atoms with Crippen molar-refractivity contribution in [2.45, 2.75) is 43.5 Å². The number of benzene rings is 3. The number of anilines is 3. The van der Waals surface area contributed by atoms with E-state index in [1.807, 2.05) is 0 Å². The fourth-order valence-electron chi connectivity index (χ4n) is 4.79. The normalized spacial score (nSPS) is 16.9. The number of methoxy groups -OCH3 is 1. The van der Waals surface area contributed by atoms with Crippen molar-refractivity contribution < 1.29 is 23.9 Å². The van der Waals surface area contributed by atoms with E-state index in [-0.39, 0.29) is 17.1 Å². The molecule has 45 heavy (non-hydrogen) atoms. The number of hydrogen-bond donors (Lipinski definition) is 2. The lowest BCUT2D eigenvalue weighted by Crippen LogP contribution is -2.38. The number of carbonyl (C=O) groups excluding carboxylic acids is 3. The SMILES string of the molecule is COCCN(C(=O)OC(C)(C)C)c1ccc(NC(=O)c2cc(NC(=O)[C@H]3[C@H](c4cc(Cl)cc(Cl)c4)C3(Cl)Cl)ccc2Cl)c(C)c1. The summed E-state index contributed by atoms with van der Waals surface area (Å²) in [5.41, 5.74) is 2.18. The van der Waals surface area contributed by atoms with E-state index in [0.717, 1.165) is 0 Å². The monoisotopic (exact) mass is 713 g/mol. The number of rotatable bonds is 9. The molecule has 13 heteroatoms. The Labute approximate surface area is 287 Å². The van der Waals surface area contributed by atoms with Crippen LogP contribution in [0.1, 0.15) is 48.2 Å². The van der Waals surface area contributed by atoms with Gasteiger partial charge in [-0.05, 0) is 93.4 Å². The van der Waals surface area contributed by atoms with Crippen LogP contribution < -0.4 is 15.5 Å². The van der Waals surface area contributed by atoms with Crippen LogP contribution >= 0.6 is 58.0 Å². The molecule has 0 heterocycles. The van der Waals surface area contributed by atoms with Gasteiger partial charge in [0.1, 0.15) is 9.93 Å². The van der Waals surface area contributed by atoms with E-state index < -0.39 is 39.7 Å². The van der Waals surface area contributed by atoms with Crippen LogP contribution in [0.25, 0.3) is 0 Å². The van der Waals surface area contributed by atoms with Crippen molar-refractivity contribution in [2.24, 2.45) is 5.92 Å². The third-order valence-corrected chi connectivity index (χ3v) is 8.67. The van der Waals surface area contributed by atoms with Gasteiger partial charge in [-0.15, -0.1) is 23.2 Å². The summed E-state index contributed by atoms with van der Waals surface area (Å²) in [5, 5.41) is 6.61. The van der Waals surface area contributed by atoms with Crippen LogP contribution in [0.2, 0.25) is 15.1 Å². The minimum Gasteiger partial charge on any atom is -0.443 e. The number of ether oxygens (including phenoxy) is 2. The summed E-state index contributed by atoms with van der Waals surface area (Å²) in [6, 6.07) is 14.6. The van der Waals surface area contributed by atoms with Crippen LogP contribution in [0.5, 0.6) is 0 Å². The maximum Gasteiger partial charge on any atom is 0.414 e. The maximum atomic E-state index is 13.3. The summed E-state index contributed by atoms with van der Waals surface area (Å²) in [6.45, 7) is 7.74. The lowest BCUT2D eigenvalue weighted by atomic mass is 10.1. The van der Waals surface area contributed by atoms with Gasteiger partial charge in [0.15, 0.2) is 0 Å². The van der Waals surface area contributed by atoms with E-state index in [4.69, 9.17) is 67.5 Å². The highest BCUT2D eigenvalue weighted by Gasteiger charge is 2.67. The number of alkyl halides is 2. The van der Waals surface area contributed by atoms with Gasteiger partial charge in [-0.25, -0.2) is 4.79 Å². The van der Waals surface area contributed by atoms with Gasteiger partial charge in [0, 0.05) is 40.1 Å². The predicted octanol–water partition coefficient (Wildman–Crippen LogP) is 9.12. The molecule has 0 aliphatic heterocycles. The van der Waals surface area contributed by atoms with Crippen LogP contribution in [-0.2, 0) is 14.3 Å². The molecule has 240 valence electrons. The van der Waals surface area contributed by atoms with Crippen molar-refractivity contribution in [1.29, 1.82) is 0 Å². The average Bonchev–Trinajstić information content (AvgIpc) is 3.51. The van der Waals surface area contributed by atoms with Gasteiger partial charge in [0.2, 0.25) is 5.91 Å². The molecule has 0 radical (unpaired) electrons. The minimum atomic E-state index is -1.36. The summed E-state index contributed by atoms with van der Waals surface area (Å²) in [5.74, 6) is -2.26. The lowest BCUT2D eigenvalue weighted by Gasteiger charge is -2.27. The number of carbonyl (C=O) groups is 3. The average molecular weight is 716 g/mol. The molecule has 3 amide bonds. The summed E-state index contributed by atoms with van der Waals surface area (Å²) in [4.78, 5) is 40.9. The summed E-state index contributed by atoms with van der Waals surface area (Å²) >= 11 is 31.6. The largest absolute Gasteiger partial charge is 0.443 e. The quantitative estimate of drug-likeness (QED) is 0.216. The smallest absolute Gasteiger partial charge is 0.414 e. The molecule has 8 nitrogen and oxygen atoms in total. The molecule has 0 bridgehead atoms. The highest BCUT2D eigenvalue weighted by molar-refractivity contribution is 6.53. The first-order chi connectivity index (χ1) is 21.0. The van der Waals surface area contributed by atoms with Crippen molar-refractivity contribution in [3.63, 3.8) is 0 Å². The second-order valence-electron chi connectivity index (χ2n) is 11.6. The van der Waals surface area contributed by atoms with E-state index >= 15 is 0 Å². The highest BCUT2D eigenvalue weighted by Crippen LogP contribution is 2.65. The van der Waals surface area contributed by atoms with Crippen molar-refractivity contribution >= 4 is 93.0 Å². The van der Waals surface area contributed by atoms with Crippen LogP contribution in [0, 0.1) is 12.8 Å². The predicted molar refractivity (Wildman–Crippen MR) is 182 cm³/mol. The van der Waals surface area contributed by atoms with E-state index in [1.165, 1.54) is 17.0 Å². The van der Waals surface area contributed by atoms with Crippen molar-refractivity contribution in [3.8, 4) is 0 Å². The molecule has 1 fully saturated rings. The van der Waals surface area contributed by atoms with Crippen LogP contribution in [0.3, 0.4) is 0 Å². The second-order valence-corrected chi connectivity index (χ2v) is 14.3. The van der Waals surface area contributed by atoms with Crippen LogP contribution in [-0.4, -0.2) is 48.1 Å². The fourth-order valence-corrected chi connectivity index (χ4v) is 6.36. The van der Waals surface area contributed by atoms with Crippen molar-refractivity contribution in [1.82, 2.24) is 0 Å². The topological polar surface area (TPSA) is 97.0 Å². The van der Waals surface area contributed by atoms with Gasteiger partial charge in [0.25, 0.3) is 5.91 Å². The molecule has 0 unspecified atom stereocenters. The maximum absolute atomic E-state index is 13.3. The zero-order valence-corrected chi connectivity index (χ0v) is 28.9. The van der Waals surface area contributed by atoms with E-state index in [2.05, 4.69) is 10.6 Å². The first-order valence-electron chi connectivity index (χ1n) is 13.9. The molecule has 0 spiro atoms. The molecule has 2 N–H and O–H groups in total. The first-order valence-corrected chi connectivity index (χ1v) is 15.8. The van der Waals surface area contributed by atoms with Gasteiger partial charge in [-0.1, -0.05) is 34.8 Å². The fraction of sp³-hybridized carbons (Fsp3) is 0.344. The van der Waals surface area contributed by atoms with E-state index in [1.54, 1.807) is 77.3 Å². The molecule has 1 aliphatic rings. The Morgan fingerprint density at radius 2 is 1.60 bits per heavy atom. The Bertz CT molecular complexity index is 1600. The van der Waals surface area contributed by atoms with Crippen LogP contribution in [0.15, 0.2) is 54.6 Å². The second kappa shape index (κ2) is 14.0. The Balaban J connectivity index is 1.48. The first kappa shape index (κ1) is 35.1. The molecule has 0 aromatic heterocycles. The number of aryl methyl sites for hydroxylation is 1. The molecule has 0 saturated heterocycles. The van der Waals surface area contributed by atoms with Crippen molar-refractivity contribution in [2.75, 3.05) is 35.8 Å². The minimum absolute atomic E-state index is 0.130. The zero-order valence-electron chi connectivity index (χ0n) is 25.1. The van der Waals surface area contributed by atoms with E-state index in [0.29, 0.717) is 44.8 Å². The molecule has 3 aromatic carbocycles. The Morgan fingerprint density at radius 3 is 2.20 bits per heavy atom. The van der Waals surface area contributed by atoms with Crippen molar-refractivity contribution in [3.05, 3.63) is 86.4 Å². The number of amides is 3. The number of halogens is 5. The zero-order chi connectivity index (χ0) is 33.3. The highest BCUT2D eigenvalue weighted by atomic mass is 35.5. The third kappa shape index (κ3) is 8.56. The summed E-state index contributed by atoms with van der Waals surface area (Å²) in [6.07, 6.45) is -0.518. The Kier molecular flexibility index (Phi) is 10.9.